The molecule has 1 aliphatic heterocycles. The number of hydrogen-bond acceptors (Lipinski definition) is 4. The monoisotopic (exact) mass is 370 g/mol. The Balaban J connectivity index is 1.58. The van der Waals surface area contributed by atoms with Crippen molar-refractivity contribution >= 4 is 17.7 Å². The van der Waals surface area contributed by atoms with Crippen LogP contribution >= 0.6 is 11.8 Å². The fourth-order valence-electron chi connectivity index (χ4n) is 3.10. The van der Waals surface area contributed by atoms with E-state index < -0.39 is 6.10 Å². The van der Waals surface area contributed by atoms with Crippen molar-refractivity contribution in [3.8, 4) is 6.07 Å². The Morgan fingerprint density at radius 3 is 2.58 bits per heavy atom. The first-order valence-corrected chi connectivity index (χ1v) is 9.52. The van der Waals surface area contributed by atoms with Gasteiger partial charge in [-0.1, -0.05) is 24.3 Å². The summed E-state index contributed by atoms with van der Waals surface area (Å²) in [5.74, 6) is 0.636. The maximum Gasteiger partial charge on any atom is 0.233 e. The highest BCUT2D eigenvalue weighted by atomic mass is 32.2. The molecule has 134 valence electrons. The minimum absolute atomic E-state index is 0.0329. The molecule has 1 amide bonds. The van der Waals surface area contributed by atoms with Gasteiger partial charge in [0, 0.05) is 12.3 Å². The van der Waals surface area contributed by atoms with E-state index in [1.54, 1.807) is 29.2 Å². The maximum absolute atomic E-state index is 13.1. The molecule has 0 radical (unpaired) electrons. The highest BCUT2D eigenvalue weighted by Crippen LogP contribution is 2.33. The van der Waals surface area contributed by atoms with Crippen molar-refractivity contribution in [2.75, 3.05) is 12.3 Å². The summed E-state index contributed by atoms with van der Waals surface area (Å²) in [5.41, 5.74) is 2.51. The van der Waals surface area contributed by atoms with Crippen LogP contribution in [0.25, 0.3) is 0 Å². The van der Waals surface area contributed by atoms with Gasteiger partial charge < -0.3 is 10.0 Å². The smallest absolute Gasteiger partial charge is 0.233 e. The molecule has 3 rings (SSSR count). The largest absolute Gasteiger partial charge is 0.391 e. The molecule has 1 N–H and O–H groups in total. The van der Waals surface area contributed by atoms with Crippen molar-refractivity contribution in [1.82, 2.24) is 4.90 Å². The summed E-state index contributed by atoms with van der Waals surface area (Å²) in [5, 5.41) is 18.8. The van der Waals surface area contributed by atoms with Gasteiger partial charge in [0.15, 0.2) is 0 Å². The lowest BCUT2D eigenvalue weighted by Gasteiger charge is -2.24. The molecule has 0 aromatic heterocycles. The molecule has 1 saturated heterocycles. The van der Waals surface area contributed by atoms with Crippen LogP contribution in [-0.4, -0.2) is 34.3 Å². The number of hydrogen-bond donors (Lipinski definition) is 1. The lowest BCUT2D eigenvalue weighted by Crippen LogP contribution is -2.33. The topological polar surface area (TPSA) is 64.3 Å². The number of likely N-dealkylation sites (tertiary alicyclic amines) is 1. The predicted octanol–water partition coefficient (Wildman–Crippen LogP) is 3.27. The van der Waals surface area contributed by atoms with E-state index in [-0.39, 0.29) is 17.8 Å². The molecule has 1 aliphatic rings. The van der Waals surface area contributed by atoms with Crippen molar-refractivity contribution in [1.29, 1.82) is 5.26 Å². The van der Waals surface area contributed by atoms with Crippen molar-refractivity contribution in [3.63, 3.8) is 0 Å². The number of amides is 1. The summed E-state index contributed by atoms with van der Waals surface area (Å²) >= 11 is 1.50. The van der Waals surface area contributed by atoms with Gasteiger partial charge in [0.2, 0.25) is 5.91 Å². The molecule has 26 heavy (non-hydrogen) atoms. The van der Waals surface area contributed by atoms with E-state index in [4.69, 9.17) is 5.26 Å². The average molecular weight is 370 g/mol. The van der Waals surface area contributed by atoms with Gasteiger partial charge in [-0.15, -0.1) is 11.8 Å². The minimum atomic E-state index is -0.558. The second-order valence-corrected chi connectivity index (χ2v) is 7.29. The first-order valence-electron chi connectivity index (χ1n) is 8.36. The van der Waals surface area contributed by atoms with E-state index in [9.17, 15) is 14.3 Å². The molecule has 0 saturated carbocycles. The van der Waals surface area contributed by atoms with Crippen LogP contribution in [0, 0.1) is 17.1 Å². The summed E-state index contributed by atoms with van der Waals surface area (Å²) in [6.07, 6.45) is -0.0879. The molecular weight excluding hydrogens is 351 g/mol. The Labute approximate surface area is 156 Å². The fourth-order valence-corrected chi connectivity index (χ4v) is 3.98. The fraction of sp³-hybridized carbons (Fsp3) is 0.300. The molecule has 2 aromatic carbocycles. The Morgan fingerprint density at radius 1 is 1.23 bits per heavy atom. The van der Waals surface area contributed by atoms with Crippen LogP contribution in [0.15, 0.2) is 48.5 Å². The highest BCUT2D eigenvalue weighted by molar-refractivity contribution is 7.99. The van der Waals surface area contributed by atoms with Crippen LogP contribution in [0.3, 0.4) is 0 Å². The van der Waals surface area contributed by atoms with Crippen molar-refractivity contribution in [2.24, 2.45) is 0 Å². The molecule has 0 spiro atoms. The van der Waals surface area contributed by atoms with Crippen molar-refractivity contribution in [2.45, 2.75) is 24.3 Å². The molecule has 2 aromatic rings. The average Bonchev–Trinajstić information content (AvgIpc) is 3.04. The van der Waals surface area contributed by atoms with Crippen molar-refractivity contribution in [3.05, 3.63) is 71.0 Å². The van der Waals surface area contributed by atoms with Gasteiger partial charge in [0.1, 0.15) is 5.82 Å². The number of β-amino-alcohol motifs (C(OH)–C–C–N with tert-alkyl or cyclic N) is 1. The number of benzene rings is 2. The number of carbonyl (C=O) groups excluding carboxylic acids is 1. The first-order chi connectivity index (χ1) is 12.6. The molecule has 1 fully saturated rings. The van der Waals surface area contributed by atoms with Gasteiger partial charge >= 0.3 is 0 Å². The Bertz CT molecular complexity index is 802. The number of thioether (sulfide) groups is 1. The van der Waals surface area contributed by atoms with Gasteiger partial charge in [-0.2, -0.15) is 5.26 Å². The third-order valence-electron chi connectivity index (χ3n) is 4.43. The summed E-state index contributed by atoms with van der Waals surface area (Å²) < 4.78 is 13.1. The van der Waals surface area contributed by atoms with E-state index in [2.05, 4.69) is 6.07 Å². The van der Waals surface area contributed by atoms with Crippen LogP contribution < -0.4 is 0 Å². The highest BCUT2D eigenvalue weighted by Gasteiger charge is 2.34. The van der Waals surface area contributed by atoms with E-state index in [1.165, 1.54) is 23.9 Å². The second kappa shape index (κ2) is 8.35. The summed E-state index contributed by atoms with van der Waals surface area (Å²) in [4.78, 5) is 14.3. The lowest BCUT2D eigenvalue weighted by atomic mass is 10.0. The summed E-state index contributed by atoms with van der Waals surface area (Å²) in [6.45, 7) is 0.304. The Kier molecular flexibility index (Phi) is 5.92. The van der Waals surface area contributed by atoms with E-state index in [1.807, 2.05) is 12.1 Å². The number of nitriles is 1. The number of rotatable bonds is 5. The third kappa shape index (κ3) is 4.43. The van der Waals surface area contributed by atoms with Crippen LogP contribution in [0.2, 0.25) is 0 Å². The Hall–Kier alpha value is -2.36. The number of nitrogens with zero attached hydrogens (tertiary/aromatic N) is 2. The number of aliphatic hydroxyl groups excluding tert-OH is 1. The lowest BCUT2D eigenvalue weighted by molar-refractivity contribution is -0.129. The number of halogens is 1. The van der Waals surface area contributed by atoms with Gasteiger partial charge in [0.25, 0.3) is 0 Å². The van der Waals surface area contributed by atoms with Gasteiger partial charge in [-0.05, 0) is 41.8 Å². The van der Waals surface area contributed by atoms with E-state index in [0.717, 1.165) is 11.1 Å². The quantitative estimate of drug-likeness (QED) is 0.877. The molecule has 4 nitrogen and oxygen atoms in total. The van der Waals surface area contributed by atoms with Gasteiger partial charge in [0.05, 0.1) is 29.5 Å². The standard InChI is InChI=1S/C20H19FN2O2S/c21-17-7-5-16(6-8-17)19-9-18(24)11-23(19)20(25)13-26-12-15-3-1-14(10-22)2-4-15/h1-8,18-19,24H,9,11-13H2/t18-,19-/m0/s1. The molecule has 6 heteroatoms. The molecule has 0 unspecified atom stereocenters. The predicted molar refractivity (Wildman–Crippen MR) is 98.8 cm³/mol. The molecule has 0 aliphatic carbocycles. The van der Waals surface area contributed by atoms with Crippen LogP contribution in [-0.2, 0) is 10.5 Å². The zero-order chi connectivity index (χ0) is 18.5. The zero-order valence-electron chi connectivity index (χ0n) is 14.1. The van der Waals surface area contributed by atoms with Crippen molar-refractivity contribution < 1.29 is 14.3 Å². The first kappa shape index (κ1) is 18.4. The second-order valence-electron chi connectivity index (χ2n) is 6.30. The van der Waals surface area contributed by atoms with Gasteiger partial charge in [-0.3, -0.25) is 4.79 Å². The Morgan fingerprint density at radius 2 is 1.92 bits per heavy atom. The van der Waals surface area contributed by atoms with Gasteiger partial charge in [-0.25, -0.2) is 4.39 Å². The third-order valence-corrected chi connectivity index (χ3v) is 5.42. The maximum atomic E-state index is 13.1. The van der Waals surface area contributed by atoms with Crippen LogP contribution in [0.4, 0.5) is 4.39 Å². The number of aliphatic hydroxyl groups is 1. The minimum Gasteiger partial charge on any atom is -0.391 e. The number of carbonyl (C=O) groups is 1. The molecule has 2 atom stereocenters. The van der Waals surface area contributed by atoms with Crippen LogP contribution in [0.1, 0.15) is 29.2 Å². The summed E-state index contributed by atoms with van der Waals surface area (Å²) in [6, 6.07) is 15.3. The normalized spacial score (nSPS) is 19.3. The molecule has 0 bridgehead atoms. The zero-order valence-corrected chi connectivity index (χ0v) is 15.0. The molecule has 1 heterocycles. The summed E-state index contributed by atoms with van der Waals surface area (Å²) in [7, 11) is 0. The molecular formula is C20H19FN2O2S. The van der Waals surface area contributed by atoms with E-state index >= 15 is 0 Å². The SMILES string of the molecule is N#Cc1ccc(CSCC(=O)N2C[C@@H](O)C[C@H]2c2ccc(F)cc2)cc1. The van der Waals surface area contributed by atoms with E-state index in [0.29, 0.717) is 30.0 Å². The van der Waals surface area contributed by atoms with Crippen LogP contribution in [0.5, 0.6) is 0 Å².